The Kier molecular flexibility index (Phi) is 2.70. The second-order valence-electron chi connectivity index (χ2n) is 2.87. The lowest BCUT2D eigenvalue weighted by atomic mass is 9.91. The van der Waals surface area contributed by atoms with Crippen LogP contribution in [0.15, 0.2) is 5.11 Å². The van der Waals surface area contributed by atoms with E-state index in [1.165, 1.54) is 0 Å². The fourth-order valence-corrected chi connectivity index (χ4v) is 1.40. The number of nitrogens with zero attached hydrogens (tertiary/aromatic N) is 3. The van der Waals surface area contributed by atoms with Crippen LogP contribution in [0.1, 0.15) is 19.3 Å². The first-order chi connectivity index (χ1) is 5.22. The van der Waals surface area contributed by atoms with Crippen LogP contribution in [0, 0.1) is 0 Å². The molecule has 11 heavy (non-hydrogen) atoms. The molecule has 1 fully saturated rings. The average molecular weight is 157 g/mol. The van der Waals surface area contributed by atoms with Gasteiger partial charge in [-0.3, -0.25) is 0 Å². The number of hydrogen-bond donors (Lipinski definition) is 2. The Morgan fingerprint density at radius 2 is 1.73 bits per heavy atom. The second-order valence-corrected chi connectivity index (χ2v) is 2.87. The van der Waals surface area contributed by atoms with Gasteiger partial charge in [0.05, 0.1) is 12.2 Å². The third kappa shape index (κ3) is 2.38. The molecule has 0 aromatic heterocycles. The van der Waals surface area contributed by atoms with Crippen LogP contribution in [0.25, 0.3) is 10.4 Å². The van der Waals surface area contributed by atoms with Crippen LogP contribution in [-0.4, -0.2) is 28.5 Å². The first-order valence-electron chi connectivity index (χ1n) is 3.62. The highest BCUT2D eigenvalue weighted by atomic mass is 16.3. The molecule has 1 rings (SSSR count). The molecule has 0 radical (unpaired) electrons. The third-order valence-corrected chi connectivity index (χ3v) is 1.85. The van der Waals surface area contributed by atoms with Crippen LogP contribution in [0.2, 0.25) is 0 Å². The minimum absolute atomic E-state index is 0.237. The summed E-state index contributed by atoms with van der Waals surface area (Å²) in [4.78, 5) is 2.63. The standard InChI is InChI=1S/C6H11N3O2/c7-9-8-4-1-5(10)3-6(11)2-4/h4-6,10-11H,1-3H2/t5-,6-/m0/s1. The molecule has 62 valence electrons. The minimum atomic E-state index is -0.519. The lowest BCUT2D eigenvalue weighted by Crippen LogP contribution is -2.31. The van der Waals surface area contributed by atoms with Crippen molar-refractivity contribution in [2.75, 3.05) is 0 Å². The van der Waals surface area contributed by atoms with Gasteiger partial charge in [0.25, 0.3) is 0 Å². The predicted molar refractivity (Wildman–Crippen MR) is 38.8 cm³/mol. The third-order valence-electron chi connectivity index (χ3n) is 1.85. The fraction of sp³-hybridized carbons (Fsp3) is 1.00. The van der Waals surface area contributed by atoms with Crippen LogP contribution in [-0.2, 0) is 0 Å². The van der Waals surface area contributed by atoms with Crippen LogP contribution in [0.5, 0.6) is 0 Å². The van der Waals surface area contributed by atoms with Crippen molar-refractivity contribution >= 4 is 0 Å². The average Bonchev–Trinajstić information content (AvgIpc) is 1.85. The molecule has 0 heterocycles. The molecule has 1 aliphatic carbocycles. The Morgan fingerprint density at radius 3 is 2.18 bits per heavy atom. The smallest absolute Gasteiger partial charge is 0.0568 e. The van der Waals surface area contributed by atoms with E-state index in [4.69, 9.17) is 15.7 Å². The van der Waals surface area contributed by atoms with Crippen LogP contribution < -0.4 is 0 Å². The molecule has 1 saturated carbocycles. The molecule has 2 atom stereocenters. The fourth-order valence-electron chi connectivity index (χ4n) is 1.40. The maximum absolute atomic E-state index is 9.13. The molecular formula is C6H11N3O2. The van der Waals surface area contributed by atoms with Crippen LogP contribution in [0.3, 0.4) is 0 Å². The zero-order chi connectivity index (χ0) is 8.27. The second kappa shape index (κ2) is 3.57. The zero-order valence-corrected chi connectivity index (χ0v) is 6.09. The Hall–Kier alpha value is -0.770. The monoisotopic (exact) mass is 157 g/mol. The molecule has 2 N–H and O–H groups in total. The van der Waals surface area contributed by atoms with Gasteiger partial charge in [-0.25, -0.2) is 0 Å². The van der Waals surface area contributed by atoms with Crippen molar-refractivity contribution in [2.45, 2.75) is 37.5 Å². The molecule has 0 unspecified atom stereocenters. The number of rotatable bonds is 1. The maximum Gasteiger partial charge on any atom is 0.0568 e. The van der Waals surface area contributed by atoms with E-state index >= 15 is 0 Å². The van der Waals surface area contributed by atoms with E-state index in [1.807, 2.05) is 0 Å². The van der Waals surface area contributed by atoms with Crippen molar-refractivity contribution in [2.24, 2.45) is 5.11 Å². The molecule has 5 heteroatoms. The largest absolute Gasteiger partial charge is 0.393 e. The quantitative estimate of drug-likeness (QED) is 0.331. The van der Waals surface area contributed by atoms with Crippen LogP contribution in [0.4, 0.5) is 0 Å². The van der Waals surface area contributed by atoms with Crippen molar-refractivity contribution in [3.63, 3.8) is 0 Å². The van der Waals surface area contributed by atoms with E-state index < -0.39 is 12.2 Å². The molecule has 0 bridgehead atoms. The number of aliphatic hydroxyl groups is 2. The van der Waals surface area contributed by atoms with Crippen molar-refractivity contribution in [1.29, 1.82) is 0 Å². The number of hydrogen-bond acceptors (Lipinski definition) is 3. The van der Waals surface area contributed by atoms with Crippen molar-refractivity contribution in [1.82, 2.24) is 0 Å². The van der Waals surface area contributed by atoms with Gasteiger partial charge in [-0.05, 0) is 24.8 Å². The summed E-state index contributed by atoms with van der Waals surface area (Å²) in [5.74, 6) is 0. The Morgan fingerprint density at radius 1 is 1.18 bits per heavy atom. The minimum Gasteiger partial charge on any atom is -0.393 e. The Balaban J connectivity index is 2.49. The van der Waals surface area contributed by atoms with Gasteiger partial charge in [0, 0.05) is 11.0 Å². The molecule has 0 saturated heterocycles. The van der Waals surface area contributed by atoms with E-state index in [9.17, 15) is 0 Å². The summed E-state index contributed by atoms with van der Waals surface area (Å²) in [5.41, 5.74) is 8.09. The lowest BCUT2D eigenvalue weighted by Gasteiger charge is -2.26. The van der Waals surface area contributed by atoms with E-state index in [2.05, 4.69) is 10.0 Å². The van der Waals surface area contributed by atoms with Crippen LogP contribution >= 0.6 is 0 Å². The van der Waals surface area contributed by atoms with Gasteiger partial charge in [0.1, 0.15) is 0 Å². The van der Waals surface area contributed by atoms with Crippen molar-refractivity contribution < 1.29 is 10.2 Å². The van der Waals surface area contributed by atoms with Gasteiger partial charge in [-0.2, -0.15) is 0 Å². The number of azide groups is 1. The zero-order valence-electron chi connectivity index (χ0n) is 6.09. The van der Waals surface area contributed by atoms with Gasteiger partial charge in [-0.15, -0.1) is 0 Å². The molecule has 1 aliphatic rings. The normalized spacial score (nSPS) is 37.8. The molecule has 0 aliphatic heterocycles. The summed E-state index contributed by atoms with van der Waals surface area (Å²) in [6.07, 6.45) is 0.308. The SMILES string of the molecule is [N-]=[N+]=NC1C[C@H](O)C[C@@H](O)C1. The van der Waals surface area contributed by atoms with Gasteiger partial charge < -0.3 is 10.2 Å². The first-order valence-corrected chi connectivity index (χ1v) is 3.62. The Bertz CT molecular complexity index is 169. The number of aliphatic hydroxyl groups excluding tert-OH is 2. The van der Waals surface area contributed by atoms with Crippen molar-refractivity contribution in [3.05, 3.63) is 10.4 Å². The van der Waals surface area contributed by atoms with Gasteiger partial charge >= 0.3 is 0 Å². The highest BCUT2D eigenvalue weighted by Crippen LogP contribution is 2.21. The summed E-state index contributed by atoms with van der Waals surface area (Å²) in [5, 5.41) is 21.7. The van der Waals surface area contributed by atoms with Gasteiger partial charge in [0.2, 0.25) is 0 Å². The summed E-state index contributed by atoms with van der Waals surface area (Å²) in [6.45, 7) is 0. The molecule has 0 aromatic rings. The summed E-state index contributed by atoms with van der Waals surface area (Å²) in [6, 6.07) is -0.237. The molecule has 5 nitrogen and oxygen atoms in total. The molecule has 0 spiro atoms. The highest BCUT2D eigenvalue weighted by Gasteiger charge is 2.25. The molecule has 0 amide bonds. The molecular weight excluding hydrogens is 146 g/mol. The predicted octanol–water partition coefficient (Wildman–Crippen LogP) is 0.571. The first kappa shape index (κ1) is 8.33. The highest BCUT2D eigenvalue weighted by molar-refractivity contribution is 4.82. The summed E-state index contributed by atoms with van der Waals surface area (Å²) >= 11 is 0. The van der Waals surface area contributed by atoms with E-state index in [0.717, 1.165) is 0 Å². The van der Waals surface area contributed by atoms with Crippen molar-refractivity contribution in [3.8, 4) is 0 Å². The van der Waals surface area contributed by atoms with E-state index in [-0.39, 0.29) is 6.04 Å². The lowest BCUT2D eigenvalue weighted by molar-refractivity contribution is 0.0321. The van der Waals surface area contributed by atoms with Gasteiger partial charge in [0.15, 0.2) is 0 Å². The van der Waals surface area contributed by atoms with E-state index in [0.29, 0.717) is 19.3 Å². The summed E-state index contributed by atoms with van der Waals surface area (Å²) in [7, 11) is 0. The molecule has 0 aromatic carbocycles. The van der Waals surface area contributed by atoms with Gasteiger partial charge in [-0.1, -0.05) is 5.11 Å². The summed E-state index contributed by atoms with van der Waals surface area (Å²) < 4.78 is 0. The Labute approximate surface area is 64.3 Å². The van der Waals surface area contributed by atoms with E-state index in [1.54, 1.807) is 0 Å². The maximum atomic E-state index is 9.13. The topological polar surface area (TPSA) is 89.2 Å².